The van der Waals surface area contributed by atoms with E-state index in [-0.39, 0.29) is 11.9 Å². The Morgan fingerprint density at radius 2 is 1.73 bits per heavy atom. The van der Waals surface area contributed by atoms with Crippen molar-refractivity contribution in [1.82, 2.24) is 20.4 Å². The normalized spacial score (nSPS) is 18.7. The van der Waals surface area contributed by atoms with E-state index in [9.17, 15) is 9.59 Å². The Morgan fingerprint density at radius 1 is 1.06 bits per heavy atom. The average molecular weight is 449 g/mol. The lowest BCUT2D eigenvalue weighted by Gasteiger charge is -2.26. The third kappa shape index (κ3) is 6.14. The molecule has 0 aromatic heterocycles. The SMILES string of the molecule is COC(=O)[C@H](CC1=CN(Cc2ccccc2)CN1Cc1ccccc1)NC(=O)[C@@H]1CCCN1. The molecule has 174 valence electrons. The lowest BCUT2D eigenvalue weighted by Crippen LogP contribution is -2.49. The first-order valence-corrected chi connectivity index (χ1v) is 11.5. The summed E-state index contributed by atoms with van der Waals surface area (Å²) in [5, 5.41) is 6.11. The molecule has 0 saturated carbocycles. The second-order valence-electron chi connectivity index (χ2n) is 8.62. The highest BCUT2D eigenvalue weighted by Crippen LogP contribution is 2.25. The number of ether oxygens (including phenoxy) is 1. The molecular formula is C26H32N4O3. The number of hydrogen-bond donors (Lipinski definition) is 2. The molecule has 1 amide bonds. The highest BCUT2D eigenvalue weighted by Gasteiger charge is 2.31. The molecule has 4 rings (SSSR count). The van der Waals surface area contributed by atoms with E-state index in [1.807, 2.05) is 36.4 Å². The van der Waals surface area contributed by atoms with Gasteiger partial charge in [0.2, 0.25) is 5.91 Å². The number of carbonyl (C=O) groups excluding carboxylic acids is 2. The summed E-state index contributed by atoms with van der Waals surface area (Å²) in [5.41, 5.74) is 3.42. The molecule has 33 heavy (non-hydrogen) atoms. The summed E-state index contributed by atoms with van der Waals surface area (Å²) in [5.74, 6) is -0.569. The van der Waals surface area contributed by atoms with E-state index in [1.165, 1.54) is 18.2 Å². The number of rotatable bonds is 9. The fourth-order valence-corrected chi connectivity index (χ4v) is 4.42. The average Bonchev–Trinajstić information content (AvgIpc) is 3.50. The van der Waals surface area contributed by atoms with Crippen LogP contribution in [-0.4, -0.2) is 54.1 Å². The van der Waals surface area contributed by atoms with Crippen molar-refractivity contribution >= 4 is 11.9 Å². The van der Waals surface area contributed by atoms with Crippen LogP contribution in [0.15, 0.2) is 72.6 Å². The molecule has 2 aromatic rings. The zero-order valence-electron chi connectivity index (χ0n) is 19.1. The Kier molecular flexibility index (Phi) is 7.62. The molecule has 2 N–H and O–H groups in total. The molecule has 7 heteroatoms. The van der Waals surface area contributed by atoms with Gasteiger partial charge in [0.1, 0.15) is 6.04 Å². The molecule has 2 heterocycles. The highest BCUT2D eigenvalue weighted by molar-refractivity contribution is 5.87. The standard InChI is InChI=1S/C26H32N4O3/c1-33-26(32)24(28-25(31)23-13-8-14-27-23)15-22-18-29(16-20-9-4-2-5-10-20)19-30(22)17-21-11-6-3-7-12-21/h2-7,9-12,18,23-24,27H,8,13-17,19H2,1H3,(H,28,31)/t23-,24-/m0/s1. The van der Waals surface area contributed by atoms with Crippen molar-refractivity contribution in [2.24, 2.45) is 0 Å². The van der Waals surface area contributed by atoms with Gasteiger partial charge in [-0.15, -0.1) is 0 Å². The van der Waals surface area contributed by atoms with Gasteiger partial charge < -0.3 is 25.2 Å². The van der Waals surface area contributed by atoms with Crippen molar-refractivity contribution < 1.29 is 14.3 Å². The van der Waals surface area contributed by atoms with Crippen LogP contribution < -0.4 is 10.6 Å². The quantitative estimate of drug-likeness (QED) is 0.575. The minimum Gasteiger partial charge on any atom is -0.467 e. The second kappa shape index (κ2) is 11.0. The van der Waals surface area contributed by atoms with Crippen LogP contribution in [0, 0.1) is 0 Å². The third-order valence-electron chi connectivity index (χ3n) is 6.13. The van der Waals surface area contributed by atoms with Gasteiger partial charge in [-0.3, -0.25) is 4.79 Å². The van der Waals surface area contributed by atoms with E-state index >= 15 is 0 Å². The first kappa shape index (κ1) is 22.9. The van der Waals surface area contributed by atoms with Crippen LogP contribution >= 0.6 is 0 Å². The van der Waals surface area contributed by atoms with Crippen molar-refractivity contribution in [3.8, 4) is 0 Å². The Bertz CT molecular complexity index is 958. The summed E-state index contributed by atoms with van der Waals surface area (Å²) in [4.78, 5) is 29.8. The van der Waals surface area contributed by atoms with Crippen molar-refractivity contribution in [3.63, 3.8) is 0 Å². The summed E-state index contributed by atoms with van der Waals surface area (Å²) in [6.07, 6.45) is 4.23. The van der Waals surface area contributed by atoms with Gasteiger partial charge in [-0.25, -0.2) is 4.79 Å². The van der Waals surface area contributed by atoms with Gasteiger partial charge in [-0.2, -0.15) is 0 Å². The minimum atomic E-state index is -0.730. The van der Waals surface area contributed by atoms with Gasteiger partial charge in [0.25, 0.3) is 0 Å². The summed E-state index contributed by atoms with van der Waals surface area (Å²) in [6.45, 7) is 3.04. The zero-order chi connectivity index (χ0) is 23.0. The van der Waals surface area contributed by atoms with Crippen LogP contribution in [0.3, 0.4) is 0 Å². The topological polar surface area (TPSA) is 73.9 Å². The van der Waals surface area contributed by atoms with Crippen molar-refractivity contribution in [2.45, 2.75) is 44.4 Å². The van der Waals surface area contributed by atoms with E-state index in [4.69, 9.17) is 4.74 Å². The summed E-state index contributed by atoms with van der Waals surface area (Å²) in [7, 11) is 1.36. The molecule has 1 saturated heterocycles. The van der Waals surface area contributed by atoms with Crippen molar-refractivity contribution in [3.05, 3.63) is 83.7 Å². The number of methoxy groups -OCH3 is 1. The third-order valence-corrected chi connectivity index (χ3v) is 6.13. The monoisotopic (exact) mass is 448 g/mol. The Morgan fingerprint density at radius 3 is 2.33 bits per heavy atom. The molecule has 0 spiro atoms. The number of amides is 1. The van der Waals surface area contributed by atoms with Crippen molar-refractivity contribution in [1.29, 1.82) is 0 Å². The van der Waals surface area contributed by atoms with Gasteiger partial charge in [0.05, 0.1) is 19.8 Å². The van der Waals surface area contributed by atoms with Gasteiger partial charge >= 0.3 is 5.97 Å². The highest BCUT2D eigenvalue weighted by atomic mass is 16.5. The predicted octanol–water partition coefficient (Wildman–Crippen LogP) is 2.60. The minimum absolute atomic E-state index is 0.141. The van der Waals surface area contributed by atoms with Crippen LogP contribution in [0.1, 0.15) is 30.4 Å². The molecule has 0 bridgehead atoms. The molecule has 7 nitrogen and oxygen atoms in total. The molecule has 1 fully saturated rings. The molecule has 0 aliphatic carbocycles. The molecule has 2 atom stereocenters. The number of esters is 1. The van der Waals surface area contributed by atoms with Crippen LogP contribution in [0.25, 0.3) is 0 Å². The summed E-state index contributed by atoms with van der Waals surface area (Å²) in [6, 6.07) is 19.6. The Labute approximate surface area is 195 Å². The van der Waals surface area contributed by atoms with E-state index in [2.05, 4.69) is 50.9 Å². The van der Waals surface area contributed by atoms with Crippen LogP contribution in [0.5, 0.6) is 0 Å². The Hall–Kier alpha value is -3.32. The maximum atomic E-state index is 12.7. The predicted molar refractivity (Wildman–Crippen MR) is 127 cm³/mol. The first-order chi connectivity index (χ1) is 16.1. The van der Waals surface area contributed by atoms with E-state index in [0.717, 1.165) is 38.2 Å². The Balaban J connectivity index is 1.51. The van der Waals surface area contributed by atoms with Crippen LogP contribution in [0.2, 0.25) is 0 Å². The van der Waals surface area contributed by atoms with E-state index < -0.39 is 12.0 Å². The van der Waals surface area contributed by atoms with E-state index in [1.54, 1.807) is 0 Å². The fraction of sp³-hybridized carbons (Fsp3) is 0.385. The van der Waals surface area contributed by atoms with Gasteiger partial charge in [-0.05, 0) is 30.5 Å². The maximum Gasteiger partial charge on any atom is 0.328 e. The summed E-state index contributed by atoms with van der Waals surface area (Å²) < 4.78 is 5.03. The first-order valence-electron chi connectivity index (χ1n) is 11.5. The molecular weight excluding hydrogens is 416 g/mol. The zero-order valence-corrected chi connectivity index (χ0v) is 19.1. The maximum absolute atomic E-state index is 12.7. The molecule has 0 unspecified atom stereocenters. The van der Waals surface area contributed by atoms with Gasteiger partial charge in [-0.1, -0.05) is 60.7 Å². The molecule has 2 aliphatic rings. The number of nitrogens with one attached hydrogen (secondary N) is 2. The summed E-state index contributed by atoms with van der Waals surface area (Å²) >= 11 is 0. The second-order valence-corrected chi connectivity index (χ2v) is 8.62. The molecule has 2 aliphatic heterocycles. The smallest absolute Gasteiger partial charge is 0.328 e. The van der Waals surface area contributed by atoms with Gasteiger partial charge in [0.15, 0.2) is 0 Å². The van der Waals surface area contributed by atoms with Crippen LogP contribution in [-0.2, 0) is 27.4 Å². The van der Waals surface area contributed by atoms with E-state index in [0.29, 0.717) is 13.1 Å². The number of benzene rings is 2. The fourth-order valence-electron chi connectivity index (χ4n) is 4.42. The molecule has 2 aromatic carbocycles. The number of nitrogens with zero attached hydrogens (tertiary/aromatic N) is 2. The largest absolute Gasteiger partial charge is 0.467 e. The van der Waals surface area contributed by atoms with Gasteiger partial charge in [0, 0.05) is 31.4 Å². The number of hydrogen-bond acceptors (Lipinski definition) is 6. The lowest BCUT2D eigenvalue weighted by atomic mass is 10.1. The number of carbonyl (C=O) groups is 2. The van der Waals surface area contributed by atoms with Crippen molar-refractivity contribution in [2.75, 3.05) is 20.3 Å². The lowest BCUT2D eigenvalue weighted by molar-refractivity contribution is -0.145. The van der Waals surface area contributed by atoms with Crippen LogP contribution in [0.4, 0.5) is 0 Å². The molecule has 0 radical (unpaired) electrons.